The van der Waals surface area contributed by atoms with E-state index in [4.69, 9.17) is 5.73 Å². The number of imide groups is 1. The topological polar surface area (TPSA) is 75.4 Å². The Morgan fingerprint density at radius 3 is 2.47 bits per heavy atom. The van der Waals surface area contributed by atoms with Crippen LogP contribution in [0.4, 0.5) is 0 Å². The van der Waals surface area contributed by atoms with Crippen molar-refractivity contribution >= 4 is 11.8 Å². The second-order valence-electron chi connectivity index (χ2n) is 3.40. The lowest BCUT2D eigenvalue weighted by molar-refractivity contribution is -0.147. The number of hydrogen-bond acceptors (Lipinski definition) is 4. The van der Waals surface area contributed by atoms with Crippen molar-refractivity contribution in [1.82, 2.24) is 10.4 Å². The fourth-order valence-corrected chi connectivity index (χ4v) is 1.11. The molecular formula is C10H21N3O2. The van der Waals surface area contributed by atoms with Gasteiger partial charge in [-0.05, 0) is 19.4 Å². The van der Waals surface area contributed by atoms with Gasteiger partial charge in [0.05, 0.1) is 0 Å². The first-order chi connectivity index (χ1) is 7.13. The number of unbranched alkanes of at least 4 members (excludes halogenated alkanes) is 1. The summed E-state index contributed by atoms with van der Waals surface area (Å²) in [6, 6.07) is 0. The van der Waals surface area contributed by atoms with Gasteiger partial charge in [-0.15, -0.1) is 0 Å². The normalized spacial score (nSPS) is 10.1. The van der Waals surface area contributed by atoms with Crippen LogP contribution in [0, 0.1) is 0 Å². The Hall–Kier alpha value is -0.940. The molecule has 2 amide bonds. The van der Waals surface area contributed by atoms with Crippen LogP contribution in [0.25, 0.3) is 0 Å². The molecule has 0 unspecified atom stereocenters. The Kier molecular flexibility index (Phi) is 7.85. The number of hydrazine groups is 1. The third-order valence-electron chi connectivity index (χ3n) is 1.96. The van der Waals surface area contributed by atoms with E-state index in [1.165, 1.54) is 6.92 Å². The zero-order chi connectivity index (χ0) is 11.7. The van der Waals surface area contributed by atoms with Crippen molar-refractivity contribution in [3.05, 3.63) is 0 Å². The Labute approximate surface area is 91.0 Å². The third-order valence-corrected chi connectivity index (χ3v) is 1.96. The van der Waals surface area contributed by atoms with Crippen molar-refractivity contribution < 1.29 is 9.59 Å². The number of carbonyl (C=O) groups is 2. The highest BCUT2D eigenvalue weighted by atomic mass is 16.2. The third kappa shape index (κ3) is 6.19. The molecule has 0 saturated carbocycles. The van der Waals surface area contributed by atoms with Crippen LogP contribution in [0.1, 0.15) is 39.5 Å². The fraction of sp³-hybridized carbons (Fsp3) is 0.800. The van der Waals surface area contributed by atoms with Crippen molar-refractivity contribution in [2.45, 2.75) is 39.5 Å². The molecule has 0 aromatic heterocycles. The summed E-state index contributed by atoms with van der Waals surface area (Å²) in [4.78, 5) is 22.7. The first-order valence-corrected chi connectivity index (χ1v) is 5.40. The van der Waals surface area contributed by atoms with Crippen LogP contribution >= 0.6 is 0 Å². The van der Waals surface area contributed by atoms with Gasteiger partial charge in [0, 0.05) is 19.9 Å². The minimum atomic E-state index is -0.270. The van der Waals surface area contributed by atoms with Crippen molar-refractivity contribution in [2.75, 3.05) is 13.1 Å². The smallest absolute Gasteiger partial charge is 0.243 e. The molecule has 0 saturated heterocycles. The van der Waals surface area contributed by atoms with Crippen LogP contribution in [-0.2, 0) is 9.59 Å². The number of carbonyl (C=O) groups excluding carboxylic acids is 2. The van der Waals surface area contributed by atoms with E-state index in [0.29, 0.717) is 19.5 Å². The summed E-state index contributed by atoms with van der Waals surface area (Å²) >= 11 is 0. The van der Waals surface area contributed by atoms with Gasteiger partial charge in [0.1, 0.15) is 0 Å². The number of rotatable bonds is 7. The van der Waals surface area contributed by atoms with Gasteiger partial charge in [0.25, 0.3) is 0 Å². The Balaban J connectivity index is 4.01. The van der Waals surface area contributed by atoms with Crippen LogP contribution in [0.2, 0.25) is 0 Å². The SMILES string of the molecule is CCCCC(=O)N(NCCCN)C(C)=O. The number of nitrogens with zero attached hydrogens (tertiary/aromatic N) is 1. The lowest BCUT2D eigenvalue weighted by atomic mass is 10.2. The van der Waals surface area contributed by atoms with Gasteiger partial charge in [-0.25, -0.2) is 10.4 Å². The number of nitrogens with one attached hydrogen (secondary N) is 1. The summed E-state index contributed by atoms with van der Waals surface area (Å²) in [6.45, 7) is 4.47. The largest absolute Gasteiger partial charge is 0.330 e. The molecule has 3 N–H and O–H groups in total. The van der Waals surface area contributed by atoms with Crippen LogP contribution in [0.15, 0.2) is 0 Å². The van der Waals surface area contributed by atoms with Gasteiger partial charge in [-0.3, -0.25) is 9.59 Å². The molecule has 5 heteroatoms. The second-order valence-corrected chi connectivity index (χ2v) is 3.40. The lowest BCUT2D eigenvalue weighted by Gasteiger charge is -2.19. The summed E-state index contributed by atoms with van der Waals surface area (Å²) in [6.07, 6.45) is 2.90. The average molecular weight is 215 g/mol. The molecule has 5 nitrogen and oxygen atoms in total. The molecule has 0 heterocycles. The van der Waals surface area contributed by atoms with E-state index in [9.17, 15) is 9.59 Å². The standard InChI is InChI=1S/C10H21N3O2/c1-3-4-6-10(15)13(9(2)14)12-8-5-7-11/h12H,3-8,11H2,1-2H3. The molecule has 88 valence electrons. The van der Waals surface area contributed by atoms with Gasteiger partial charge in [-0.1, -0.05) is 13.3 Å². The molecule has 15 heavy (non-hydrogen) atoms. The fourth-order valence-electron chi connectivity index (χ4n) is 1.11. The van der Waals surface area contributed by atoms with Crippen molar-refractivity contribution in [2.24, 2.45) is 5.73 Å². The molecule has 0 bridgehead atoms. The number of amides is 2. The van der Waals surface area contributed by atoms with Gasteiger partial charge >= 0.3 is 0 Å². The van der Waals surface area contributed by atoms with Gasteiger partial charge in [-0.2, -0.15) is 0 Å². The number of nitrogens with two attached hydrogens (primary N) is 1. The van der Waals surface area contributed by atoms with E-state index in [2.05, 4.69) is 5.43 Å². The minimum Gasteiger partial charge on any atom is -0.330 e. The Bertz CT molecular complexity index is 207. The molecular weight excluding hydrogens is 194 g/mol. The maximum absolute atomic E-state index is 11.5. The Morgan fingerprint density at radius 1 is 1.33 bits per heavy atom. The predicted octanol–water partition coefficient (Wildman–Crippen LogP) is 0.405. The highest BCUT2D eigenvalue weighted by Gasteiger charge is 2.16. The van der Waals surface area contributed by atoms with E-state index in [1.54, 1.807) is 0 Å². The molecule has 0 spiro atoms. The Morgan fingerprint density at radius 2 is 2.00 bits per heavy atom. The molecule has 0 aromatic carbocycles. The lowest BCUT2D eigenvalue weighted by Crippen LogP contribution is -2.46. The zero-order valence-corrected chi connectivity index (χ0v) is 9.58. The van der Waals surface area contributed by atoms with E-state index >= 15 is 0 Å². The van der Waals surface area contributed by atoms with Gasteiger partial charge < -0.3 is 5.73 Å². The summed E-state index contributed by atoms with van der Waals surface area (Å²) < 4.78 is 0. The molecule has 0 aromatic rings. The maximum atomic E-state index is 11.5. The van der Waals surface area contributed by atoms with Crippen LogP contribution < -0.4 is 11.2 Å². The highest BCUT2D eigenvalue weighted by molar-refractivity contribution is 5.93. The molecule has 0 atom stereocenters. The molecule has 0 aliphatic carbocycles. The van der Waals surface area contributed by atoms with E-state index < -0.39 is 0 Å². The summed E-state index contributed by atoms with van der Waals surface area (Å²) in [7, 11) is 0. The molecule has 0 fully saturated rings. The summed E-state index contributed by atoms with van der Waals surface area (Å²) in [5.41, 5.74) is 8.10. The molecule has 0 radical (unpaired) electrons. The van der Waals surface area contributed by atoms with E-state index in [1.807, 2.05) is 6.92 Å². The summed E-state index contributed by atoms with van der Waals surface area (Å²) in [5, 5.41) is 1.09. The quantitative estimate of drug-likeness (QED) is 0.476. The second kappa shape index (κ2) is 8.38. The van der Waals surface area contributed by atoms with Gasteiger partial charge in [0.2, 0.25) is 11.8 Å². The average Bonchev–Trinajstić information content (AvgIpc) is 2.20. The number of hydrogen-bond donors (Lipinski definition) is 2. The maximum Gasteiger partial charge on any atom is 0.243 e. The molecule has 0 aliphatic rings. The first-order valence-electron chi connectivity index (χ1n) is 5.40. The summed E-state index contributed by atoms with van der Waals surface area (Å²) in [5.74, 6) is -0.436. The highest BCUT2D eigenvalue weighted by Crippen LogP contribution is 1.99. The van der Waals surface area contributed by atoms with E-state index in [0.717, 1.165) is 24.3 Å². The van der Waals surface area contributed by atoms with E-state index in [-0.39, 0.29) is 11.8 Å². The van der Waals surface area contributed by atoms with Crippen LogP contribution in [-0.4, -0.2) is 29.9 Å². The minimum absolute atomic E-state index is 0.165. The first kappa shape index (κ1) is 14.1. The van der Waals surface area contributed by atoms with Gasteiger partial charge in [0.15, 0.2) is 0 Å². The van der Waals surface area contributed by atoms with Crippen LogP contribution in [0.5, 0.6) is 0 Å². The zero-order valence-electron chi connectivity index (χ0n) is 9.58. The van der Waals surface area contributed by atoms with Crippen molar-refractivity contribution in [1.29, 1.82) is 0 Å². The van der Waals surface area contributed by atoms with Crippen molar-refractivity contribution in [3.63, 3.8) is 0 Å². The molecule has 0 aliphatic heterocycles. The molecule has 0 rings (SSSR count). The van der Waals surface area contributed by atoms with Crippen LogP contribution in [0.3, 0.4) is 0 Å². The van der Waals surface area contributed by atoms with Crippen molar-refractivity contribution in [3.8, 4) is 0 Å². The monoisotopic (exact) mass is 215 g/mol. The predicted molar refractivity (Wildman–Crippen MR) is 58.7 cm³/mol.